The predicted octanol–water partition coefficient (Wildman–Crippen LogP) is 3.93. The molecule has 102 valence electrons. The fourth-order valence-corrected chi connectivity index (χ4v) is 2.50. The van der Waals surface area contributed by atoms with E-state index in [4.69, 9.17) is 11.6 Å². The first kappa shape index (κ1) is 15.3. The summed E-state index contributed by atoms with van der Waals surface area (Å²) in [6, 6.07) is 6.66. The molecule has 18 heavy (non-hydrogen) atoms. The number of hydrogen-bond donors (Lipinski definition) is 1. The molecule has 0 saturated carbocycles. The van der Waals surface area contributed by atoms with Gasteiger partial charge in [0.05, 0.1) is 0 Å². The third-order valence-corrected chi connectivity index (χ3v) is 3.50. The molecule has 1 unspecified atom stereocenters. The van der Waals surface area contributed by atoms with Crippen molar-refractivity contribution in [2.75, 3.05) is 19.0 Å². The fourth-order valence-electron chi connectivity index (χ4n) is 2.31. The Morgan fingerprint density at radius 3 is 2.50 bits per heavy atom. The van der Waals surface area contributed by atoms with Gasteiger partial charge in [-0.2, -0.15) is 0 Å². The van der Waals surface area contributed by atoms with Crippen molar-refractivity contribution in [3.63, 3.8) is 0 Å². The van der Waals surface area contributed by atoms with Crippen LogP contribution in [0.1, 0.15) is 32.8 Å². The first-order chi connectivity index (χ1) is 8.45. The minimum atomic E-state index is 0.529. The van der Waals surface area contributed by atoms with Gasteiger partial charge in [-0.15, -0.1) is 0 Å². The zero-order valence-electron chi connectivity index (χ0n) is 12.1. The second-order valence-corrected chi connectivity index (χ2v) is 5.83. The zero-order valence-corrected chi connectivity index (χ0v) is 12.9. The molecule has 1 atom stereocenters. The molecule has 3 heteroatoms. The predicted molar refractivity (Wildman–Crippen MR) is 81.5 cm³/mol. The van der Waals surface area contributed by atoms with Gasteiger partial charge in [-0.1, -0.05) is 25.4 Å². The number of benzene rings is 1. The van der Waals surface area contributed by atoms with Gasteiger partial charge in [0.1, 0.15) is 0 Å². The molecule has 0 aliphatic heterocycles. The summed E-state index contributed by atoms with van der Waals surface area (Å²) < 4.78 is 0. The molecule has 0 spiro atoms. The Morgan fingerprint density at radius 2 is 1.94 bits per heavy atom. The van der Waals surface area contributed by atoms with Crippen LogP contribution in [-0.4, -0.2) is 20.1 Å². The van der Waals surface area contributed by atoms with Crippen LogP contribution in [-0.2, 0) is 6.54 Å². The van der Waals surface area contributed by atoms with E-state index < -0.39 is 0 Å². The lowest BCUT2D eigenvalue weighted by molar-refractivity contribution is 0.503. The summed E-state index contributed by atoms with van der Waals surface area (Å²) in [4.78, 5) is 2.35. The van der Waals surface area contributed by atoms with Crippen molar-refractivity contribution in [1.82, 2.24) is 5.32 Å². The van der Waals surface area contributed by atoms with Crippen molar-refractivity contribution < 1.29 is 0 Å². The quantitative estimate of drug-likeness (QED) is 0.841. The highest BCUT2D eigenvalue weighted by atomic mass is 35.5. The standard InChI is InChI=1S/C15H25ClN2/c1-11(2)8-12(3)18(5)15-7-6-14(16)9-13(15)10-17-4/h6-7,9,11-12,17H,8,10H2,1-5H3. The van der Waals surface area contributed by atoms with E-state index in [9.17, 15) is 0 Å². The molecule has 0 radical (unpaired) electrons. The van der Waals surface area contributed by atoms with E-state index >= 15 is 0 Å². The van der Waals surface area contributed by atoms with Crippen molar-refractivity contribution in [3.8, 4) is 0 Å². The van der Waals surface area contributed by atoms with E-state index in [1.807, 2.05) is 19.2 Å². The zero-order chi connectivity index (χ0) is 13.7. The van der Waals surface area contributed by atoms with E-state index in [1.54, 1.807) is 0 Å². The van der Waals surface area contributed by atoms with Gasteiger partial charge in [0.2, 0.25) is 0 Å². The molecule has 0 aliphatic carbocycles. The summed E-state index contributed by atoms with van der Waals surface area (Å²) in [5.41, 5.74) is 2.52. The highest BCUT2D eigenvalue weighted by Gasteiger charge is 2.14. The molecular formula is C15H25ClN2. The van der Waals surface area contributed by atoms with Crippen molar-refractivity contribution in [3.05, 3.63) is 28.8 Å². The molecule has 1 N–H and O–H groups in total. The number of nitrogens with zero attached hydrogens (tertiary/aromatic N) is 1. The molecule has 0 heterocycles. The second kappa shape index (κ2) is 7.01. The third-order valence-electron chi connectivity index (χ3n) is 3.26. The van der Waals surface area contributed by atoms with Gasteiger partial charge in [-0.3, -0.25) is 0 Å². The Kier molecular flexibility index (Phi) is 5.97. The summed E-state index contributed by atoms with van der Waals surface area (Å²) in [5, 5.41) is 4.00. The minimum Gasteiger partial charge on any atom is -0.372 e. The van der Waals surface area contributed by atoms with Crippen LogP contribution < -0.4 is 10.2 Å². The van der Waals surface area contributed by atoms with Gasteiger partial charge in [0, 0.05) is 30.3 Å². The lowest BCUT2D eigenvalue weighted by atomic mass is 10.0. The number of rotatable bonds is 6. The van der Waals surface area contributed by atoms with E-state index in [-0.39, 0.29) is 0 Å². The first-order valence-electron chi connectivity index (χ1n) is 6.61. The van der Waals surface area contributed by atoms with Crippen molar-refractivity contribution in [2.24, 2.45) is 5.92 Å². The van der Waals surface area contributed by atoms with E-state index in [2.05, 4.69) is 44.1 Å². The second-order valence-electron chi connectivity index (χ2n) is 5.39. The van der Waals surface area contributed by atoms with Crippen LogP contribution >= 0.6 is 11.6 Å². The van der Waals surface area contributed by atoms with Crippen molar-refractivity contribution in [2.45, 2.75) is 39.8 Å². The number of hydrogen-bond acceptors (Lipinski definition) is 2. The number of halogens is 1. The van der Waals surface area contributed by atoms with Crippen molar-refractivity contribution >= 4 is 17.3 Å². The number of nitrogens with one attached hydrogen (secondary N) is 1. The van der Waals surface area contributed by atoms with Gasteiger partial charge in [-0.25, -0.2) is 0 Å². The fraction of sp³-hybridized carbons (Fsp3) is 0.600. The SMILES string of the molecule is CNCc1cc(Cl)ccc1N(C)C(C)CC(C)C. The summed E-state index contributed by atoms with van der Waals surface area (Å²) in [5.74, 6) is 0.711. The van der Waals surface area contributed by atoms with Crippen LogP contribution in [0.25, 0.3) is 0 Å². The van der Waals surface area contributed by atoms with Gasteiger partial charge < -0.3 is 10.2 Å². The van der Waals surface area contributed by atoms with Crippen LogP contribution in [0.3, 0.4) is 0 Å². The molecular weight excluding hydrogens is 244 g/mol. The lowest BCUT2D eigenvalue weighted by Crippen LogP contribution is -2.31. The summed E-state index contributed by atoms with van der Waals surface area (Å²) in [6.07, 6.45) is 1.19. The maximum absolute atomic E-state index is 6.07. The third kappa shape index (κ3) is 4.18. The molecule has 0 bridgehead atoms. The maximum atomic E-state index is 6.07. The Morgan fingerprint density at radius 1 is 1.28 bits per heavy atom. The van der Waals surface area contributed by atoms with Gasteiger partial charge in [0.25, 0.3) is 0 Å². The average molecular weight is 269 g/mol. The largest absolute Gasteiger partial charge is 0.372 e. The van der Waals surface area contributed by atoms with Crippen LogP contribution in [0.2, 0.25) is 5.02 Å². The van der Waals surface area contributed by atoms with Crippen LogP contribution in [0.4, 0.5) is 5.69 Å². The van der Waals surface area contributed by atoms with E-state index in [1.165, 1.54) is 17.7 Å². The lowest BCUT2D eigenvalue weighted by Gasteiger charge is -2.30. The summed E-state index contributed by atoms with van der Waals surface area (Å²) in [6.45, 7) is 7.65. The smallest absolute Gasteiger partial charge is 0.0412 e. The topological polar surface area (TPSA) is 15.3 Å². The molecule has 0 aromatic heterocycles. The molecule has 2 nitrogen and oxygen atoms in total. The Hall–Kier alpha value is -0.730. The maximum Gasteiger partial charge on any atom is 0.0412 e. The summed E-state index contributed by atoms with van der Waals surface area (Å²) in [7, 11) is 4.12. The highest BCUT2D eigenvalue weighted by molar-refractivity contribution is 6.30. The monoisotopic (exact) mass is 268 g/mol. The molecule has 0 fully saturated rings. The molecule has 0 saturated heterocycles. The minimum absolute atomic E-state index is 0.529. The summed E-state index contributed by atoms with van der Waals surface area (Å²) >= 11 is 6.07. The highest BCUT2D eigenvalue weighted by Crippen LogP contribution is 2.26. The van der Waals surface area contributed by atoms with Gasteiger partial charge in [0.15, 0.2) is 0 Å². The van der Waals surface area contributed by atoms with Gasteiger partial charge >= 0.3 is 0 Å². The molecule has 0 aliphatic rings. The average Bonchev–Trinajstić information content (AvgIpc) is 2.28. The Labute approximate surface area is 116 Å². The molecule has 1 aromatic carbocycles. The normalized spacial score (nSPS) is 12.8. The molecule has 0 amide bonds. The van der Waals surface area contributed by atoms with Crippen LogP contribution in [0.15, 0.2) is 18.2 Å². The van der Waals surface area contributed by atoms with Crippen LogP contribution in [0.5, 0.6) is 0 Å². The van der Waals surface area contributed by atoms with Crippen LogP contribution in [0, 0.1) is 5.92 Å². The Balaban J connectivity index is 2.93. The Bertz CT molecular complexity index is 377. The van der Waals surface area contributed by atoms with E-state index in [0.29, 0.717) is 12.0 Å². The molecule has 1 rings (SSSR count). The first-order valence-corrected chi connectivity index (χ1v) is 6.99. The van der Waals surface area contributed by atoms with E-state index in [0.717, 1.165) is 11.6 Å². The number of anilines is 1. The molecule has 1 aromatic rings. The van der Waals surface area contributed by atoms with Gasteiger partial charge in [-0.05, 0) is 50.1 Å². The van der Waals surface area contributed by atoms with Crippen molar-refractivity contribution in [1.29, 1.82) is 0 Å².